The lowest BCUT2D eigenvalue weighted by molar-refractivity contribution is -0.140. The molecule has 0 radical (unpaired) electrons. The van der Waals surface area contributed by atoms with Gasteiger partial charge >= 0.3 is 0 Å². The molecule has 146 valence electrons. The monoisotopic (exact) mass is 484 g/mol. The lowest BCUT2D eigenvalue weighted by atomic mass is 9.95. The molecule has 6 nitrogen and oxygen atoms in total. The summed E-state index contributed by atoms with van der Waals surface area (Å²) >= 11 is 1.85. The van der Waals surface area contributed by atoms with Gasteiger partial charge < -0.3 is 19.9 Å². The van der Waals surface area contributed by atoms with E-state index in [2.05, 4.69) is 35.3 Å². The number of hydrogen-bond donors (Lipinski definition) is 1. The number of halogens is 1. The first-order chi connectivity index (χ1) is 11.5. The van der Waals surface area contributed by atoms with Crippen molar-refractivity contribution in [2.75, 3.05) is 59.2 Å². The van der Waals surface area contributed by atoms with E-state index < -0.39 is 0 Å². The maximum Gasteiger partial charge on any atom is 0.225 e. The van der Waals surface area contributed by atoms with Crippen LogP contribution in [0.4, 0.5) is 0 Å². The number of carbonyl (C=O) groups is 1. The van der Waals surface area contributed by atoms with Gasteiger partial charge in [0.05, 0.1) is 13.2 Å². The summed E-state index contributed by atoms with van der Waals surface area (Å²) in [5.74, 6) is 1.42. The van der Waals surface area contributed by atoms with Crippen molar-refractivity contribution in [3.8, 4) is 0 Å². The van der Waals surface area contributed by atoms with Crippen molar-refractivity contribution in [1.29, 1.82) is 0 Å². The van der Waals surface area contributed by atoms with E-state index >= 15 is 0 Å². The van der Waals surface area contributed by atoms with Crippen LogP contribution < -0.4 is 5.32 Å². The first-order valence-corrected chi connectivity index (χ1v) is 10.1. The molecule has 0 aliphatic carbocycles. The fourth-order valence-electron chi connectivity index (χ4n) is 3.08. The minimum atomic E-state index is 0. The predicted molar refractivity (Wildman–Crippen MR) is 116 cm³/mol. The summed E-state index contributed by atoms with van der Waals surface area (Å²) in [7, 11) is 1.83. The molecule has 1 amide bonds. The van der Waals surface area contributed by atoms with E-state index in [1.54, 1.807) is 0 Å². The molecule has 0 unspecified atom stereocenters. The third-order valence-electron chi connectivity index (χ3n) is 4.90. The lowest BCUT2D eigenvalue weighted by Crippen LogP contribution is -2.51. The highest BCUT2D eigenvalue weighted by molar-refractivity contribution is 14.0. The molecule has 0 aromatic carbocycles. The number of morpholine rings is 1. The minimum absolute atomic E-state index is 0. The molecule has 2 aliphatic heterocycles. The minimum Gasteiger partial charge on any atom is -0.378 e. The van der Waals surface area contributed by atoms with Crippen LogP contribution in [0.2, 0.25) is 0 Å². The van der Waals surface area contributed by atoms with Gasteiger partial charge in [-0.25, -0.2) is 0 Å². The molecule has 0 aromatic heterocycles. The van der Waals surface area contributed by atoms with E-state index in [0.717, 1.165) is 51.5 Å². The number of amides is 1. The topological polar surface area (TPSA) is 57.2 Å². The van der Waals surface area contributed by atoms with Gasteiger partial charge in [-0.05, 0) is 32.9 Å². The number of guanidine groups is 1. The van der Waals surface area contributed by atoms with Gasteiger partial charge in [-0.15, -0.1) is 24.0 Å². The van der Waals surface area contributed by atoms with Gasteiger partial charge in [0.15, 0.2) is 5.96 Å². The second-order valence-electron chi connectivity index (χ2n) is 7.06. The Morgan fingerprint density at radius 2 is 1.80 bits per heavy atom. The summed E-state index contributed by atoms with van der Waals surface area (Å²) in [5, 5.41) is 3.48. The van der Waals surface area contributed by atoms with Crippen molar-refractivity contribution in [2.24, 2.45) is 10.9 Å². The van der Waals surface area contributed by atoms with Crippen molar-refractivity contribution in [3.63, 3.8) is 0 Å². The van der Waals surface area contributed by atoms with Crippen molar-refractivity contribution in [3.05, 3.63) is 0 Å². The van der Waals surface area contributed by atoms with Gasteiger partial charge in [-0.2, -0.15) is 11.8 Å². The summed E-state index contributed by atoms with van der Waals surface area (Å²) in [6.45, 7) is 9.95. The Bertz CT molecular complexity index is 448. The standard InChI is InChI=1S/C17H32N4O2S.HI/c1-17(2,24-4)13-19-16(18-3)21-7-5-14(6-8-21)15(22)20-9-11-23-12-10-20;/h14H,5-13H2,1-4H3,(H,18,19);1H. The second-order valence-corrected chi connectivity index (χ2v) is 8.58. The van der Waals surface area contributed by atoms with Gasteiger partial charge in [-0.3, -0.25) is 9.79 Å². The molecule has 2 fully saturated rings. The molecule has 2 aliphatic rings. The number of nitrogens with zero attached hydrogens (tertiary/aromatic N) is 3. The van der Waals surface area contributed by atoms with E-state index in [9.17, 15) is 4.79 Å². The van der Waals surface area contributed by atoms with E-state index in [-0.39, 0.29) is 34.6 Å². The van der Waals surface area contributed by atoms with E-state index in [0.29, 0.717) is 19.1 Å². The van der Waals surface area contributed by atoms with Gasteiger partial charge in [-0.1, -0.05) is 0 Å². The van der Waals surface area contributed by atoms with E-state index in [1.165, 1.54) is 0 Å². The summed E-state index contributed by atoms with van der Waals surface area (Å²) < 4.78 is 5.52. The fourth-order valence-corrected chi connectivity index (χ4v) is 3.29. The number of nitrogens with one attached hydrogen (secondary N) is 1. The average molecular weight is 484 g/mol. The molecule has 8 heteroatoms. The van der Waals surface area contributed by atoms with E-state index in [1.807, 2.05) is 23.7 Å². The Labute approximate surface area is 173 Å². The average Bonchev–Trinajstić information content (AvgIpc) is 2.63. The summed E-state index contributed by atoms with van der Waals surface area (Å²) in [5.41, 5.74) is 0. The number of hydrogen-bond acceptors (Lipinski definition) is 4. The van der Waals surface area contributed by atoms with Crippen LogP contribution in [0.3, 0.4) is 0 Å². The Kier molecular flexibility index (Phi) is 9.87. The fraction of sp³-hybridized carbons (Fsp3) is 0.882. The van der Waals surface area contributed by atoms with Crippen LogP contribution in [0.25, 0.3) is 0 Å². The highest BCUT2D eigenvalue weighted by Gasteiger charge is 2.30. The van der Waals surface area contributed by atoms with Gasteiger partial charge in [0.25, 0.3) is 0 Å². The Hall–Kier alpha value is -0.220. The number of ether oxygens (including phenoxy) is 1. The zero-order chi connectivity index (χ0) is 17.6. The largest absolute Gasteiger partial charge is 0.378 e. The third-order valence-corrected chi connectivity index (χ3v) is 6.15. The number of piperidine rings is 1. The smallest absolute Gasteiger partial charge is 0.225 e. The van der Waals surface area contributed by atoms with Crippen LogP contribution in [-0.2, 0) is 9.53 Å². The molecule has 0 bridgehead atoms. The molecule has 2 heterocycles. The summed E-state index contributed by atoms with van der Waals surface area (Å²) in [4.78, 5) is 21.3. The summed E-state index contributed by atoms with van der Waals surface area (Å²) in [6, 6.07) is 0. The molecule has 2 rings (SSSR count). The Morgan fingerprint density at radius 3 is 2.32 bits per heavy atom. The second kappa shape index (κ2) is 10.8. The molecule has 0 aromatic rings. The van der Waals surface area contributed by atoms with Crippen molar-refractivity contribution in [1.82, 2.24) is 15.1 Å². The predicted octanol–water partition coefficient (Wildman–Crippen LogP) is 1.89. The Balaban J connectivity index is 0.00000312. The van der Waals surface area contributed by atoms with Crippen LogP contribution in [0.1, 0.15) is 26.7 Å². The van der Waals surface area contributed by atoms with Crippen LogP contribution in [0.15, 0.2) is 4.99 Å². The number of aliphatic imine (C=N–C) groups is 1. The molecule has 1 N–H and O–H groups in total. The molecule has 0 atom stereocenters. The molecule has 2 saturated heterocycles. The van der Waals surface area contributed by atoms with Gasteiger partial charge in [0.2, 0.25) is 5.91 Å². The first-order valence-electron chi connectivity index (χ1n) is 8.84. The molecule has 0 spiro atoms. The first kappa shape index (κ1) is 22.8. The quantitative estimate of drug-likeness (QED) is 0.375. The molecule has 25 heavy (non-hydrogen) atoms. The Morgan fingerprint density at radius 1 is 1.20 bits per heavy atom. The zero-order valence-electron chi connectivity index (χ0n) is 15.9. The number of carbonyl (C=O) groups excluding carboxylic acids is 1. The highest BCUT2D eigenvalue weighted by Crippen LogP contribution is 2.22. The number of rotatable bonds is 4. The maximum absolute atomic E-state index is 12.6. The van der Waals surface area contributed by atoms with Crippen LogP contribution in [-0.4, -0.2) is 85.7 Å². The van der Waals surface area contributed by atoms with Crippen molar-refractivity contribution < 1.29 is 9.53 Å². The van der Waals surface area contributed by atoms with Crippen LogP contribution in [0, 0.1) is 5.92 Å². The van der Waals surface area contributed by atoms with Gasteiger partial charge in [0.1, 0.15) is 0 Å². The number of likely N-dealkylation sites (tertiary alicyclic amines) is 1. The van der Waals surface area contributed by atoms with Crippen LogP contribution in [0.5, 0.6) is 0 Å². The van der Waals surface area contributed by atoms with Crippen molar-refractivity contribution in [2.45, 2.75) is 31.4 Å². The lowest BCUT2D eigenvalue weighted by Gasteiger charge is -2.37. The number of thioether (sulfide) groups is 1. The van der Waals surface area contributed by atoms with E-state index in [4.69, 9.17) is 4.74 Å². The third kappa shape index (κ3) is 6.78. The summed E-state index contributed by atoms with van der Waals surface area (Å²) in [6.07, 6.45) is 3.94. The zero-order valence-corrected chi connectivity index (χ0v) is 19.1. The normalized spacial score (nSPS) is 20.2. The molecular formula is C17H33IN4O2S. The SMILES string of the molecule is CN=C(NCC(C)(C)SC)N1CCC(C(=O)N2CCOCC2)CC1.I. The van der Waals surface area contributed by atoms with Crippen molar-refractivity contribution >= 4 is 47.6 Å². The maximum atomic E-state index is 12.6. The molecule has 0 saturated carbocycles. The van der Waals surface area contributed by atoms with Crippen LogP contribution >= 0.6 is 35.7 Å². The van der Waals surface area contributed by atoms with Gasteiger partial charge in [0, 0.05) is 50.4 Å². The molecular weight excluding hydrogens is 451 g/mol. The highest BCUT2D eigenvalue weighted by atomic mass is 127.